The molecule has 1 saturated heterocycles. The summed E-state index contributed by atoms with van der Waals surface area (Å²) in [6.07, 6.45) is 2.49. The van der Waals surface area contributed by atoms with E-state index in [4.69, 9.17) is 4.74 Å². The molecule has 1 amide bonds. The van der Waals surface area contributed by atoms with Crippen molar-refractivity contribution in [2.24, 2.45) is 5.92 Å². The van der Waals surface area contributed by atoms with E-state index in [-0.39, 0.29) is 12.2 Å². The first kappa shape index (κ1) is 18.2. The molecule has 1 aliphatic heterocycles. The minimum atomic E-state index is -0.439. The molecule has 1 heterocycles. The van der Waals surface area contributed by atoms with Gasteiger partial charge in [-0.05, 0) is 59.0 Å². The maximum absolute atomic E-state index is 11.9. The van der Waals surface area contributed by atoms with Crippen molar-refractivity contribution in [3.8, 4) is 0 Å². The molecule has 1 fully saturated rings. The third-order valence-electron chi connectivity index (χ3n) is 3.88. The SMILES string of the molecule is CCC(O)CN1CCC(CN(C)C(=O)OC(C)(C)C)CC1. The quantitative estimate of drug-likeness (QED) is 0.847. The fourth-order valence-corrected chi connectivity index (χ4v) is 2.58. The van der Waals surface area contributed by atoms with E-state index in [0.717, 1.165) is 45.4 Å². The van der Waals surface area contributed by atoms with Gasteiger partial charge < -0.3 is 19.6 Å². The van der Waals surface area contributed by atoms with E-state index in [1.807, 2.05) is 27.7 Å². The summed E-state index contributed by atoms with van der Waals surface area (Å²) < 4.78 is 5.37. The summed E-state index contributed by atoms with van der Waals surface area (Å²) in [6.45, 7) is 11.2. The molecule has 1 unspecified atom stereocenters. The Labute approximate surface area is 129 Å². The minimum absolute atomic E-state index is 0.217. The van der Waals surface area contributed by atoms with E-state index >= 15 is 0 Å². The number of aliphatic hydroxyl groups is 1. The highest BCUT2D eigenvalue weighted by Crippen LogP contribution is 2.19. The molecule has 1 rings (SSSR count). The molecule has 0 bridgehead atoms. The van der Waals surface area contributed by atoms with Crippen LogP contribution in [0, 0.1) is 5.92 Å². The molecular formula is C16H32N2O3. The normalized spacial score (nSPS) is 19.3. The van der Waals surface area contributed by atoms with E-state index in [2.05, 4.69) is 4.90 Å². The lowest BCUT2D eigenvalue weighted by Gasteiger charge is -2.35. The summed E-state index contributed by atoms with van der Waals surface area (Å²) in [4.78, 5) is 15.9. The van der Waals surface area contributed by atoms with Gasteiger partial charge in [0, 0.05) is 20.1 Å². The number of nitrogens with zero attached hydrogens (tertiary/aromatic N) is 2. The molecule has 0 aromatic carbocycles. The van der Waals surface area contributed by atoms with Crippen LogP contribution in [0.15, 0.2) is 0 Å². The van der Waals surface area contributed by atoms with Crippen molar-refractivity contribution in [1.82, 2.24) is 9.80 Å². The number of carbonyl (C=O) groups is 1. The van der Waals surface area contributed by atoms with Crippen molar-refractivity contribution >= 4 is 6.09 Å². The number of hydrogen-bond acceptors (Lipinski definition) is 4. The number of aliphatic hydroxyl groups excluding tert-OH is 1. The summed E-state index contributed by atoms with van der Waals surface area (Å²) >= 11 is 0. The zero-order valence-electron chi connectivity index (χ0n) is 14.3. The lowest BCUT2D eigenvalue weighted by Crippen LogP contribution is -2.43. The second-order valence-corrected chi connectivity index (χ2v) is 7.17. The van der Waals surface area contributed by atoms with Crippen LogP contribution < -0.4 is 0 Å². The number of carbonyl (C=O) groups excluding carboxylic acids is 1. The molecule has 0 radical (unpaired) electrons. The third kappa shape index (κ3) is 7.14. The Morgan fingerprint density at radius 3 is 2.43 bits per heavy atom. The molecule has 1 atom stereocenters. The van der Waals surface area contributed by atoms with Crippen LogP contribution in [-0.4, -0.2) is 65.9 Å². The number of likely N-dealkylation sites (tertiary alicyclic amines) is 1. The van der Waals surface area contributed by atoms with Gasteiger partial charge in [0.1, 0.15) is 5.60 Å². The Morgan fingerprint density at radius 1 is 1.38 bits per heavy atom. The Hall–Kier alpha value is -0.810. The predicted molar refractivity (Wildman–Crippen MR) is 84.3 cm³/mol. The highest BCUT2D eigenvalue weighted by atomic mass is 16.6. The summed E-state index contributed by atoms with van der Waals surface area (Å²) in [6, 6.07) is 0. The van der Waals surface area contributed by atoms with Crippen molar-refractivity contribution in [3.05, 3.63) is 0 Å². The van der Waals surface area contributed by atoms with E-state index in [1.165, 1.54) is 0 Å². The van der Waals surface area contributed by atoms with Crippen LogP contribution in [0.4, 0.5) is 4.79 Å². The lowest BCUT2D eigenvalue weighted by atomic mass is 9.96. The van der Waals surface area contributed by atoms with Gasteiger partial charge in [-0.2, -0.15) is 0 Å². The zero-order valence-corrected chi connectivity index (χ0v) is 14.3. The van der Waals surface area contributed by atoms with Crippen molar-refractivity contribution in [2.45, 2.75) is 58.7 Å². The molecule has 21 heavy (non-hydrogen) atoms. The van der Waals surface area contributed by atoms with Gasteiger partial charge in [-0.1, -0.05) is 6.92 Å². The molecule has 5 nitrogen and oxygen atoms in total. The molecule has 5 heteroatoms. The number of β-amino-alcohol motifs (C(OH)–C–C–N with tert-alkyl or cyclic N) is 1. The first-order chi connectivity index (χ1) is 9.71. The first-order valence-electron chi connectivity index (χ1n) is 8.05. The highest BCUT2D eigenvalue weighted by molar-refractivity contribution is 5.67. The fourth-order valence-electron chi connectivity index (χ4n) is 2.58. The maximum Gasteiger partial charge on any atom is 0.410 e. The number of amides is 1. The predicted octanol–water partition coefficient (Wildman–Crippen LogP) is 2.34. The Morgan fingerprint density at radius 2 is 1.95 bits per heavy atom. The number of ether oxygens (including phenoxy) is 1. The monoisotopic (exact) mass is 300 g/mol. The smallest absolute Gasteiger partial charge is 0.410 e. The molecular weight excluding hydrogens is 268 g/mol. The van der Waals surface area contributed by atoms with E-state index in [1.54, 1.807) is 11.9 Å². The van der Waals surface area contributed by atoms with Crippen molar-refractivity contribution in [1.29, 1.82) is 0 Å². The van der Waals surface area contributed by atoms with Crippen LogP contribution in [0.25, 0.3) is 0 Å². The second-order valence-electron chi connectivity index (χ2n) is 7.17. The highest BCUT2D eigenvalue weighted by Gasteiger charge is 2.25. The van der Waals surface area contributed by atoms with Crippen molar-refractivity contribution in [2.75, 3.05) is 33.2 Å². The summed E-state index contributed by atoms with van der Waals surface area (Å²) in [5, 5.41) is 9.69. The molecule has 124 valence electrons. The average Bonchev–Trinajstić information content (AvgIpc) is 2.38. The zero-order chi connectivity index (χ0) is 16.0. The molecule has 0 aromatic rings. The van der Waals surface area contributed by atoms with Gasteiger partial charge in [0.2, 0.25) is 0 Å². The minimum Gasteiger partial charge on any atom is -0.444 e. The molecule has 0 spiro atoms. The molecule has 1 aliphatic rings. The molecule has 0 aliphatic carbocycles. The van der Waals surface area contributed by atoms with Gasteiger partial charge in [0.25, 0.3) is 0 Å². The van der Waals surface area contributed by atoms with Crippen LogP contribution in [0.1, 0.15) is 47.0 Å². The average molecular weight is 300 g/mol. The van der Waals surface area contributed by atoms with Crippen LogP contribution in [0.2, 0.25) is 0 Å². The maximum atomic E-state index is 11.9. The third-order valence-corrected chi connectivity index (χ3v) is 3.88. The molecule has 0 aromatic heterocycles. The van der Waals surface area contributed by atoms with E-state index < -0.39 is 5.60 Å². The van der Waals surface area contributed by atoms with Crippen LogP contribution in [0.3, 0.4) is 0 Å². The number of hydrogen-bond donors (Lipinski definition) is 1. The summed E-state index contributed by atoms with van der Waals surface area (Å²) in [7, 11) is 1.81. The van der Waals surface area contributed by atoms with Gasteiger partial charge in [0.15, 0.2) is 0 Å². The Kier molecular flexibility index (Phi) is 6.94. The number of rotatable bonds is 5. The topological polar surface area (TPSA) is 53.0 Å². The largest absolute Gasteiger partial charge is 0.444 e. The standard InChI is InChI=1S/C16H32N2O3/c1-6-14(19)12-18-9-7-13(8-10-18)11-17(5)15(20)21-16(2,3)4/h13-14,19H,6-12H2,1-5H3. The second kappa shape index (κ2) is 7.99. The van der Waals surface area contributed by atoms with Gasteiger partial charge in [-0.15, -0.1) is 0 Å². The van der Waals surface area contributed by atoms with Crippen molar-refractivity contribution < 1.29 is 14.6 Å². The van der Waals surface area contributed by atoms with Crippen LogP contribution in [0.5, 0.6) is 0 Å². The summed E-state index contributed by atoms with van der Waals surface area (Å²) in [5.74, 6) is 0.525. The molecule has 1 N–H and O–H groups in total. The van der Waals surface area contributed by atoms with Gasteiger partial charge >= 0.3 is 6.09 Å². The number of piperidine rings is 1. The Bertz CT molecular complexity index is 320. The van der Waals surface area contributed by atoms with Gasteiger partial charge in [0.05, 0.1) is 6.10 Å². The van der Waals surface area contributed by atoms with Gasteiger partial charge in [-0.3, -0.25) is 0 Å². The fraction of sp³-hybridized carbons (Fsp3) is 0.938. The van der Waals surface area contributed by atoms with Crippen LogP contribution >= 0.6 is 0 Å². The lowest BCUT2D eigenvalue weighted by molar-refractivity contribution is 0.0239. The van der Waals surface area contributed by atoms with Crippen LogP contribution in [-0.2, 0) is 4.74 Å². The first-order valence-corrected chi connectivity index (χ1v) is 8.05. The molecule has 0 saturated carbocycles. The van der Waals surface area contributed by atoms with Crippen molar-refractivity contribution in [3.63, 3.8) is 0 Å². The van der Waals surface area contributed by atoms with E-state index in [0.29, 0.717) is 5.92 Å². The van der Waals surface area contributed by atoms with E-state index in [9.17, 15) is 9.90 Å². The summed E-state index contributed by atoms with van der Waals surface area (Å²) in [5.41, 5.74) is -0.439. The Balaban J connectivity index is 2.30. The van der Waals surface area contributed by atoms with Gasteiger partial charge in [-0.25, -0.2) is 4.79 Å².